The molecule has 126 valence electrons. The van der Waals surface area contributed by atoms with E-state index in [1.807, 2.05) is 24.3 Å². The first-order valence-corrected chi connectivity index (χ1v) is 8.22. The first kappa shape index (κ1) is 15.5. The molecule has 0 saturated heterocycles. The molecule has 0 atom stereocenters. The Labute approximate surface area is 144 Å². The molecule has 2 aromatic heterocycles. The molecular weight excluding hydrogens is 316 g/mol. The van der Waals surface area contributed by atoms with E-state index in [2.05, 4.69) is 19.9 Å². The van der Waals surface area contributed by atoms with Crippen LogP contribution in [0.15, 0.2) is 53.6 Å². The van der Waals surface area contributed by atoms with Gasteiger partial charge in [0.15, 0.2) is 0 Å². The van der Waals surface area contributed by atoms with E-state index in [0.717, 1.165) is 35.3 Å². The van der Waals surface area contributed by atoms with Crippen molar-refractivity contribution in [3.05, 3.63) is 76.0 Å². The third-order valence-electron chi connectivity index (χ3n) is 4.40. The molecule has 0 radical (unpaired) electrons. The van der Waals surface area contributed by atoms with Crippen LogP contribution < -0.4 is 5.56 Å². The quantitative estimate of drug-likeness (QED) is 0.766. The van der Waals surface area contributed by atoms with Gasteiger partial charge in [-0.3, -0.25) is 14.7 Å². The molecule has 2 N–H and O–H groups in total. The fourth-order valence-electron chi connectivity index (χ4n) is 3.17. The van der Waals surface area contributed by atoms with Crippen molar-refractivity contribution in [2.45, 2.75) is 19.5 Å². The van der Waals surface area contributed by atoms with Crippen molar-refractivity contribution in [2.24, 2.45) is 0 Å². The molecule has 0 amide bonds. The van der Waals surface area contributed by atoms with Crippen molar-refractivity contribution in [1.29, 1.82) is 0 Å². The lowest BCUT2D eigenvalue weighted by atomic mass is 10.1. The summed E-state index contributed by atoms with van der Waals surface area (Å²) < 4.78 is 0. The highest BCUT2D eigenvalue weighted by molar-refractivity contribution is 5.53. The van der Waals surface area contributed by atoms with Crippen LogP contribution in [0.4, 0.5) is 0 Å². The second kappa shape index (κ2) is 6.49. The molecule has 3 heterocycles. The van der Waals surface area contributed by atoms with Crippen LogP contribution >= 0.6 is 0 Å². The monoisotopic (exact) mass is 334 g/mol. The summed E-state index contributed by atoms with van der Waals surface area (Å²) in [6.45, 7) is 2.07. The van der Waals surface area contributed by atoms with Gasteiger partial charge in [0.25, 0.3) is 5.56 Å². The van der Waals surface area contributed by atoms with Gasteiger partial charge in [0.1, 0.15) is 11.6 Å². The standard InChI is InChI=1S/C19H18N4O2/c24-15-5-1-3-13(9-15)11-23-8-6-17-16(12-23)19(25)22-18(21-17)14-4-2-7-20-10-14/h1-5,7,9-10,24H,6,8,11-12H2,(H,21,22,25). The summed E-state index contributed by atoms with van der Waals surface area (Å²) in [6.07, 6.45) is 4.12. The molecule has 6 heteroatoms. The van der Waals surface area contributed by atoms with Crippen LogP contribution in [-0.2, 0) is 19.5 Å². The summed E-state index contributed by atoms with van der Waals surface area (Å²) in [5.41, 5.74) is 3.32. The first-order chi connectivity index (χ1) is 12.2. The van der Waals surface area contributed by atoms with Crippen LogP contribution in [0.1, 0.15) is 16.8 Å². The second-order valence-corrected chi connectivity index (χ2v) is 6.21. The third-order valence-corrected chi connectivity index (χ3v) is 4.40. The van der Waals surface area contributed by atoms with Gasteiger partial charge in [-0.05, 0) is 29.8 Å². The summed E-state index contributed by atoms with van der Waals surface area (Å²) in [6, 6.07) is 10.9. The number of pyridine rings is 1. The number of aromatic nitrogens is 3. The van der Waals surface area contributed by atoms with Crippen LogP contribution in [0.5, 0.6) is 5.75 Å². The Kier molecular flexibility index (Phi) is 4.03. The molecule has 1 aromatic carbocycles. The molecule has 6 nitrogen and oxygen atoms in total. The van der Waals surface area contributed by atoms with E-state index in [0.29, 0.717) is 18.9 Å². The van der Waals surface area contributed by atoms with Gasteiger partial charge in [0.05, 0.1) is 11.3 Å². The maximum Gasteiger partial charge on any atom is 0.255 e. The van der Waals surface area contributed by atoms with E-state index in [9.17, 15) is 9.90 Å². The predicted molar refractivity (Wildman–Crippen MR) is 94.0 cm³/mol. The Morgan fingerprint density at radius 2 is 2.16 bits per heavy atom. The number of fused-ring (bicyclic) bond motifs is 1. The van der Waals surface area contributed by atoms with Gasteiger partial charge in [0.2, 0.25) is 0 Å². The number of rotatable bonds is 3. The molecular formula is C19H18N4O2. The van der Waals surface area contributed by atoms with Crippen LogP contribution in [-0.4, -0.2) is 31.5 Å². The fraction of sp³-hybridized carbons (Fsp3) is 0.211. The highest BCUT2D eigenvalue weighted by Gasteiger charge is 2.21. The lowest BCUT2D eigenvalue weighted by molar-refractivity contribution is 0.241. The summed E-state index contributed by atoms with van der Waals surface area (Å²) in [5.74, 6) is 0.828. The predicted octanol–water partition coefficient (Wildman–Crippen LogP) is 2.10. The topological polar surface area (TPSA) is 82.1 Å². The number of aromatic hydroxyl groups is 1. The Morgan fingerprint density at radius 3 is 2.96 bits per heavy atom. The molecule has 0 saturated carbocycles. The number of phenols is 1. The third kappa shape index (κ3) is 3.29. The second-order valence-electron chi connectivity index (χ2n) is 6.21. The Hall–Kier alpha value is -2.99. The molecule has 3 aromatic rings. The Balaban J connectivity index is 1.58. The number of phenolic OH excluding ortho intramolecular Hbond substituents is 1. The zero-order chi connectivity index (χ0) is 17.2. The number of H-pyrrole nitrogens is 1. The molecule has 0 bridgehead atoms. The minimum absolute atomic E-state index is 0.0931. The SMILES string of the molecule is O=c1[nH]c(-c2cccnc2)nc2c1CN(Cc1cccc(O)c1)CC2. The minimum Gasteiger partial charge on any atom is -0.508 e. The molecule has 0 unspecified atom stereocenters. The Morgan fingerprint density at radius 1 is 1.24 bits per heavy atom. The summed E-state index contributed by atoms with van der Waals surface area (Å²) in [5, 5.41) is 9.59. The van der Waals surface area contributed by atoms with Gasteiger partial charge in [0, 0.05) is 44.0 Å². The molecule has 0 spiro atoms. The largest absolute Gasteiger partial charge is 0.508 e. The molecule has 0 fully saturated rings. The van der Waals surface area contributed by atoms with E-state index in [4.69, 9.17) is 0 Å². The molecule has 1 aliphatic heterocycles. The number of hydrogen-bond acceptors (Lipinski definition) is 5. The fourth-order valence-corrected chi connectivity index (χ4v) is 3.17. The molecule has 4 rings (SSSR count). The first-order valence-electron chi connectivity index (χ1n) is 8.22. The number of nitrogens with zero attached hydrogens (tertiary/aromatic N) is 3. The number of benzene rings is 1. The van der Waals surface area contributed by atoms with Crippen molar-refractivity contribution >= 4 is 0 Å². The van der Waals surface area contributed by atoms with Gasteiger partial charge >= 0.3 is 0 Å². The zero-order valence-corrected chi connectivity index (χ0v) is 13.6. The van der Waals surface area contributed by atoms with E-state index < -0.39 is 0 Å². The zero-order valence-electron chi connectivity index (χ0n) is 13.6. The van der Waals surface area contributed by atoms with Gasteiger partial charge in [-0.1, -0.05) is 12.1 Å². The normalized spacial score (nSPS) is 14.2. The maximum atomic E-state index is 12.5. The highest BCUT2D eigenvalue weighted by Crippen LogP contribution is 2.20. The van der Waals surface area contributed by atoms with Gasteiger partial charge in [-0.15, -0.1) is 0 Å². The number of hydrogen-bond donors (Lipinski definition) is 2. The lowest BCUT2D eigenvalue weighted by Crippen LogP contribution is -2.35. The van der Waals surface area contributed by atoms with Crippen molar-refractivity contribution in [2.75, 3.05) is 6.54 Å². The van der Waals surface area contributed by atoms with E-state index >= 15 is 0 Å². The molecule has 25 heavy (non-hydrogen) atoms. The van der Waals surface area contributed by atoms with Crippen molar-refractivity contribution in [1.82, 2.24) is 19.9 Å². The number of aromatic amines is 1. The van der Waals surface area contributed by atoms with Crippen LogP contribution in [0.2, 0.25) is 0 Å². The van der Waals surface area contributed by atoms with E-state index in [1.165, 1.54) is 0 Å². The van der Waals surface area contributed by atoms with Crippen LogP contribution in [0, 0.1) is 0 Å². The minimum atomic E-state index is -0.0931. The maximum absolute atomic E-state index is 12.5. The van der Waals surface area contributed by atoms with Crippen molar-refractivity contribution < 1.29 is 5.11 Å². The van der Waals surface area contributed by atoms with Crippen LogP contribution in [0.25, 0.3) is 11.4 Å². The van der Waals surface area contributed by atoms with Gasteiger partial charge in [-0.2, -0.15) is 0 Å². The smallest absolute Gasteiger partial charge is 0.255 e. The average molecular weight is 334 g/mol. The van der Waals surface area contributed by atoms with Crippen LogP contribution in [0.3, 0.4) is 0 Å². The Bertz CT molecular complexity index is 953. The summed E-state index contributed by atoms with van der Waals surface area (Å²) >= 11 is 0. The number of nitrogens with one attached hydrogen (secondary N) is 1. The lowest BCUT2D eigenvalue weighted by Gasteiger charge is -2.27. The van der Waals surface area contributed by atoms with Gasteiger partial charge in [-0.25, -0.2) is 4.98 Å². The van der Waals surface area contributed by atoms with E-state index in [-0.39, 0.29) is 11.3 Å². The highest BCUT2D eigenvalue weighted by atomic mass is 16.3. The summed E-state index contributed by atoms with van der Waals surface area (Å²) in [4.78, 5) is 26.3. The summed E-state index contributed by atoms with van der Waals surface area (Å²) in [7, 11) is 0. The van der Waals surface area contributed by atoms with E-state index in [1.54, 1.807) is 24.5 Å². The van der Waals surface area contributed by atoms with Gasteiger partial charge < -0.3 is 10.1 Å². The van der Waals surface area contributed by atoms with Crippen molar-refractivity contribution in [3.63, 3.8) is 0 Å². The van der Waals surface area contributed by atoms with Crippen molar-refractivity contribution in [3.8, 4) is 17.1 Å². The average Bonchev–Trinajstić information content (AvgIpc) is 2.63. The molecule has 0 aliphatic carbocycles. The molecule has 1 aliphatic rings.